The predicted octanol–water partition coefficient (Wildman–Crippen LogP) is 11.6. The quantitative estimate of drug-likeness (QED) is 0.211. The van der Waals surface area contributed by atoms with E-state index in [4.69, 9.17) is 0 Å². The molecule has 5 aliphatic rings. The number of hydrogen-bond donors (Lipinski definition) is 0. The Morgan fingerprint density at radius 3 is 2.38 bits per heavy atom. The number of benzene rings is 3. The van der Waals surface area contributed by atoms with Crippen molar-refractivity contribution < 1.29 is 0 Å². The van der Waals surface area contributed by atoms with Crippen LogP contribution in [0.1, 0.15) is 48.3 Å². The van der Waals surface area contributed by atoms with E-state index in [1.54, 1.807) is 22.3 Å². The first-order chi connectivity index (χ1) is 23.2. The summed E-state index contributed by atoms with van der Waals surface area (Å²) in [5, 5.41) is 2.68. The second-order valence-electron chi connectivity index (χ2n) is 13.7. The van der Waals surface area contributed by atoms with Crippen molar-refractivity contribution in [3.8, 4) is 11.1 Å². The van der Waals surface area contributed by atoms with Crippen molar-refractivity contribution in [2.75, 3.05) is 0 Å². The summed E-state index contributed by atoms with van der Waals surface area (Å²) >= 11 is 0. The molecule has 4 unspecified atom stereocenters. The molecule has 0 fully saturated rings. The molecular formula is C46H39N. The van der Waals surface area contributed by atoms with Crippen molar-refractivity contribution in [3.63, 3.8) is 0 Å². The van der Waals surface area contributed by atoms with Crippen molar-refractivity contribution >= 4 is 16.3 Å². The fraction of sp³-hybridized carbons (Fsp3) is 0.196. The lowest BCUT2D eigenvalue weighted by atomic mass is 9.60. The lowest BCUT2D eigenvalue weighted by Gasteiger charge is -2.44. The molecule has 0 spiro atoms. The summed E-state index contributed by atoms with van der Waals surface area (Å²) in [6.07, 6.45) is 32.5. The molecule has 4 atom stereocenters. The lowest BCUT2D eigenvalue weighted by Crippen LogP contribution is -2.30. The minimum absolute atomic E-state index is 0.326. The van der Waals surface area contributed by atoms with Gasteiger partial charge in [0.1, 0.15) is 0 Å². The Bertz CT molecular complexity index is 2140. The third-order valence-electron chi connectivity index (χ3n) is 11.0. The van der Waals surface area contributed by atoms with Crippen LogP contribution in [0.4, 0.5) is 0 Å². The highest BCUT2D eigenvalue weighted by molar-refractivity contribution is 5.85. The number of pyridine rings is 1. The summed E-state index contributed by atoms with van der Waals surface area (Å²) in [5.74, 6) is 1.42. The minimum Gasteiger partial charge on any atom is -0.264 e. The van der Waals surface area contributed by atoms with Gasteiger partial charge in [0.25, 0.3) is 0 Å². The van der Waals surface area contributed by atoms with Crippen LogP contribution in [-0.2, 0) is 0 Å². The van der Waals surface area contributed by atoms with E-state index in [9.17, 15) is 0 Å². The van der Waals surface area contributed by atoms with Gasteiger partial charge in [-0.05, 0) is 99.6 Å². The van der Waals surface area contributed by atoms with E-state index in [-0.39, 0.29) is 0 Å². The number of allylic oxidation sites excluding steroid dienone is 16. The number of fused-ring (bicyclic) bond motifs is 3. The molecule has 5 aliphatic carbocycles. The molecule has 9 rings (SSSR count). The van der Waals surface area contributed by atoms with E-state index in [1.807, 2.05) is 18.5 Å². The van der Waals surface area contributed by atoms with Crippen LogP contribution in [-0.4, -0.2) is 4.98 Å². The molecule has 0 amide bonds. The van der Waals surface area contributed by atoms with Crippen LogP contribution in [0.5, 0.6) is 0 Å². The molecule has 0 bridgehead atoms. The van der Waals surface area contributed by atoms with Crippen LogP contribution in [0, 0.1) is 24.7 Å². The van der Waals surface area contributed by atoms with Crippen LogP contribution < -0.4 is 0 Å². The van der Waals surface area contributed by atoms with Crippen molar-refractivity contribution in [1.82, 2.24) is 4.98 Å². The zero-order valence-electron chi connectivity index (χ0n) is 26.9. The first-order valence-corrected chi connectivity index (χ1v) is 17.3. The Labute approximate surface area is 278 Å². The molecule has 0 aliphatic heterocycles. The summed E-state index contributed by atoms with van der Waals surface area (Å²) in [6.45, 7) is 2.18. The first-order valence-electron chi connectivity index (χ1n) is 17.3. The van der Waals surface area contributed by atoms with Crippen molar-refractivity contribution in [3.05, 3.63) is 191 Å². The monoisotopic (exact) mass is 605 g/mol. The van der Waals surface area contributed by atoms with Crippen molar-refractivity contribution in [2.45, 2.75) is 38.5 Å². The van der Waals surface area contributed by atoms with Crippen molar-refractivity contribution in [1.29, 1.82) is 0 Å². The summed E-state index contributed by atoms with van der Waals surface area (Å²) in [7, 11) is 0. The molecule has 47 heavy (non-hydrogen) atoms. The summed E-state index contributed by atoms with van der Waals surface area (Å²) in [4.78, 5) is 4.32. The fourth-order valence-electron chi connectivity index (χ4n) is 8.90. The van der Waals surface area contributed by atoms with Gasteiger partial charge in [0.2, 0.25) is 0 Å². The highest BCUT2D eigenvalue weighted by Crippen LogP contribution is 2.55. The van der Waals surface area contributed by atoms with E-state index in [1.165, 1.54) is 44.2 Å². The molecule has 1 nitrogen and oxygen atoms in total. The smallest absolute Gasteiger partial charge is 0.0346 e. The Balaban J connectivity index is 1.10. The Morgan fingerprint density at radius 2 is 1.49 bits per heavy atom. The number of aromatic nitrogens is 1. The molecule has 0 radical (unpaired) electrons. The van der Waals surface area contributed by atoms with Crippen LogP contribution >= 0.6 is 0 Å². The molecular weight excluding hydrogens is 567 g/mol. The zero-order chi connectivity index (χ0) is 31.3. The van der Waals surface area contributed by atoms with E-state index in [0.717, 1.165) is 31.2 Å². The van der Waals surface area contributed by atoms with E-state index >= 15 is 0 Å². The largest absolute Gasteiger partial charge is 0.264 e. The third kappa shape index (κ3) is 4.88. The second kappa shape index (κ2) is 11.7. The molecule has 4 aromatic rings. The summed E-state index contributed by atoms with van der Waals surface area (Å²) in [6, 6.07) is 27.3. The van der Waals surface area contributed by atoms with Gasteiger partial charge in [-0.2, -0.15) is 0 Å². The van der Waals surface area contributed by atoms with Gasteiger partial charge in [-0.25, -0.2) is 0 Å². The van der Waals surface area contributed by atoms with Gasteiger partial charge >= 0.3 is 0 Å². The van der Waals surface area contributed by atoms with Gasteiger partial charge in [-0.1, -0.05) is 139 Å². The van der Waals surface area contributed by atoms with Gasteiger partial charge in [0.05, 0.1) is 0 Å². The highest BCUT2D eigenvalue weighted by Gasteiger charge is 2.41. The third-order valence-corrected chi connectivity index (χ3v) is 11.0. The zero-order valence-corrected chi connectivity index (χ0v) is 26.9. The van der Waals surface area contributed by atoms with Gasteiger partial charge in [0, 0.05) is 36.1 Å². The maximum atomic E-state index is 4.32. The van der Waals surface area contributed by atoms with E-state index in [2.05, 4.69) is 139 Å². The normalized spacial score (nSPS) is 24.5. The van der Waals surface area contributed by atoms with E-state index in [0.29, 0.717) is 23.7 Å². The van der Waals surface area contributed by atoms with Crippen LogP contribution in [0.3, 0.4) is 0 Å². The molecule has 228 valence electrons. The van der Waals surface area contributed by atoms with Gasteiger partial charge < -0.3 is 0 Å². The highest BCUT2D eigenvalue weighted by atomic mass is 14.6. The molecule has 1 heterocycles. The SMILES string of the molecule is Cc1ccc2cc(C3C4=C(CCC=C4)C(C4C=CC=C5C(c6ccc(-c7cccnc7)cc6)=CC=CC54)=C4CCC=CC43)ccc2c1. The Hall–Kier alpha value is -5.01. The standard InChI is InChI=1S/C46H39N/c1-30-18-19-34-28-35(25-24-33(34)27-30)45-41-10-2-4-12-43(41)46(44-13-5-3-11-42(44)45)40-17-7-15-38-37(14-6-16-39(38)40)32-22-20-31(21-23-32)36-9-8-26-47-29-36/h2-3,6-11,14-29,39-41,45H,4-5,12-13H2,1H3. The fourth-order valence-corrected chi connectivity index (χ4v) is 8.90. The summed E-state index contributed by atoms with van der Waals surface area (Å²) < 4.78 is 0. The number of aryl methyl sites for hydroxylation is 1. The minimum atomic E-state index is 0.326. The van der Waals surface area contributed by atoms with Gasteiger partial charge in [-0.3, -0.25) is 4.98 Å². The summed E-state index contributed by atoms with van der Waals surface area (Å²) in [5.41, 5.74) is 15.6. The number of rotatable bonds is 4. The Kier molecular flexibility index (Phi) is 7.00. The molecule has 0 saturated carbocycles. The lowest BCUT2D eigenvalue weighted by molar-refractivity contribution is 0.526. The second-order valence-corrected chi connectivity index (χ2v) is 13.7. The number of nitrogens with zero attached hydrogens (tertiary/aromatic N) is 1. The van der Waals surface area contributed by atoms with Crippen LogP contribution in [0.15, 0.2) is 174 Å². The van der Waals surface area contributed by atoms with Crippen molar-refractivity contribution in [2.24, 2.45) is 17.8 Å². The average Bonchev–Trinajstić information content (AvgIpc) is 3.13. The van der Waals surface area contributed by atoms with Gasteiger partial charge in [0.15, 0.2) is 0 Å². The predicted molar refractivity (Wildman–Crippen MR) is 197 cm³/mol. The molecule has 0 N–H and O–H groups in total. The molecule has 3 aromatic carbocycles. The Morgan fingerprint density at radius 1 is 0.681 bits per heavy atom. The maximum absolute atomic E-state index is 4.32. The van der Waals surface area contributed by atoms with Crippen LogP contribution in [0.2, 0.25) is 0 Å². The average molecular weight is 606 g/mol. The molecule has 1 heteroatoms. The molecule has 0 saturated heterocycles. The van der Waals surface area contributed by atoms with Crippen LogP contribution in [0.25, 0.3) is 27.5 Å². The topological polar surface area (TPSA) is 12.9 Å². The van der Waals surface area contributed by atoms with Gasteiger partial charge in [-0.15, -0.1) is 0 Å². The maximum Gasteiger partial charge on any atom is 0.0346 e. The molecule has 1 aromatic heterocycles. The van der Waals surface area contributed by atoms with E-state index < -0.39 is 0 Å². The first kappa shape index (κ1) is 28.2. The number of hydrogen-bond acceptors (Lipinski definition) is 1.